The number of hydrogen-bond donors (Lipinski definition) is 1. The molecule has 0 unspecified atom stereocenters. The summed E-state index contributed by atoms with van der Waals surface area (Å²) in [5.74, 6) is 0.119. The van der Waals surface area contributed by atoms with Gasteiger partial charge >= 0.3 is 5.97 Å². The number of carbonyl (C=O) groups excluding carboxylic acids is 1. The Kier molecular flexibility index (Phi) is 5.06. The highest BCUT2D eigenvalue weighted by molar-refractivity contribution is 6.30. The van der Waals surface area contributed by atoms with E-state index >= 15 is 0 Å². The first kappa shape index (κ1) is 15.2. The van der Waals surface area contributed by atoms with Crippen molar-refractivity contribution < 1.29 is 14.3 Å². The first-order chi connectivity index (χ1) is 10.1. The molecule has 2 aromatic rings. The van der Waals surface area contributed by atoms with Crippen LogP contribution in [0.5, 0.6) is 5.75 Å². The SMILES string of the molecule is CCOC(=O)c1ccc(OCc2cccc(Cl)c2)c(N)c1. The van der Waals surface area contributed by atoms with Crippen molar-refractivity contribution in [3.05, 3.63) is 58.6 Å². The van der Waals surface area contributed by atoms with E-state index in [0.717, 1.165) is 5.56 Å². The average molecular weight is 306 g/mol. The van der Waals surface area contributed by atoms with Crippen LogP contribution in [-0.4, -0.2) is 12.6 Å². The third-order valence-electron chi connectivity index (χ3n) is 2.80. The van der Waals surface area contributed by atoms with E-state index in [1.807, 2.05) is 18.2 Å². The third-order valence-corrected chi connectivity index (χ3v) is 3.04. The van der Waals surface area contributed by atoms with Gasteiger partial charge in [0.05, 0.1) is 17.9 Å². The third kappa shape index (κ3) is 4.13. The van der Waals surface area contributed by atoms with E-state index in [1.165, 1.54) is 0 Å². The summed E-state index contributed by atoms with van der Waals surface area (Å²) in [5.41, 5.74) is 7.63. The van der Waals surface area contributed by atoms with Crippen molar-refractivity contribution in [2.45, 2.75) is 13.5 Å². The normalized spacial score (nSPS) is 10.2. The van der Waals surface area contributed by atoms with E-state index in [9.17, 15) is 4.79 Å². The van der Waals surface area contributed by atoms with Crippen LogP contribution in [0.1, 0.15) is 22.8 Å². The second kappa shape index (κ2) is 6.99. The lowest BCUT2D eigenvalue weighted by Gasteiger charge is -2.10. The molecule has 0 aliphatic heterocycles. The molecule has 0 fully saturated rings. The zero-order chi connectivity index (χ0) is 15.2. The van der Waals surface area contributed by atoms with Crippen LogP contribution >= 0.6 is 11.6 Å². The fourth-order valence-electron chi connectivity index (χ4n) is 1.81. The molecule has 0 saturated heterocycles. The van der Waals surface area contributed by atoms with Crippen LogP contribution in [0.2, 0.25) is 5.02 Å². The molecule has 0 heterocycles. The van der Waals surface area contributed by atoms with Gasteiger partial charge in [-0.3, -0.25) is 0 Å². The van der Waals surface area contributed by atoms with Crippen molar-refractivity contribution in [2.24, 2.45) is 0 Å². The Morgan fingerprint density at radius 2 is 2.05 bits per heavy atom. The molecule has 2 N–H and O–H groups in total. The van der Waals surface area contributed by atoms with Crippen LogP contribution in [0, 0.1) is 0 Å². The number of halogens is 1. The zero-order valence-electron chi connectivity index (χ0n) is 11.6. The van der Waals surface area contributed by atoms with Gasteiger partial charge in [0.25, 0.3) is 0 Å². The number of nitrogens with two attached hydrogens (primary N) is 1. The van der Waals surface area contributed by atoms with Crippen LogP contribution in [0.15, 0.2) is 42.5 Å². The van der Waals surface area contributed by atoms with Gasteiger partial charge in [0.15, 0.2) is 0 Å². The van der Waals surface area contributed by atoms with Crippen molar-refractivity contribution in [3.8, 4) is 5.75 Å². The molecule has 0 aromatic heterocycles. The molecule has 0 bridgehead atoms. The Labute approximate surface area is 128 Å². The minimum absolute atomic E-state index is 0.325. The maximum absolute atomic E-state index is 11.6. The molecule has 0 spiro atoms. The van der Waals surface area contributed by atoms with Crippen LogP contribution in [0.3, 0.4) is 0 Å². The van der Waals surface area contributed by atoms with Gasteiger partial charge in [-0.25, -0.2) is 4.79 Å². The summed E-state index contributed by atoms with van der Waals surface area (Å²) in [6, 6.07) is 12.2. The highest BCUT2D eigenvalue weighted by atomic mass is 35.5. The molecule has 0 amide bonds. The molecular weight excluding hydrogens is 290 g/mol. The van der Waals surface area contributed by atoms with E-state index in [-0.39, 0.29) is 0 Å². The predicted octanol–water partition coefficient (Wildman–Crippen LogP) is 3.68. The molecule has 0 aliphatic carbocycles. The van der Waals surface area contributed by atoms with Gasteiger partial charge < -0.3 is 15.2 Å². The van der Waals surface area contributed by atoms with Crippen LogP contribution < -0.4 is 10.5 Å². The number of esters is 1. The summed E-state index contributed by atoms with van der Waals surface area (Å²) in [6.45, 7) is 2.43. The minimum Gasteiger partial charge on any atom is -0.487 e. The molecule has 4 nitrogen and oxygen atoms in total. The van der Waals surface area contributed by atoms with E-state index in [0.29, 0.717) is 35.2 Å². The summed E-state index contributed by atoms with van der Waals surface area (Å²) in [4.78, 5) is 11.6. The Morgan fingerprint density at radius 3 is 2.71 bits per heavy atom. The van der Waals surface area contributed by atoms with Crippen LogP contribution in [-0.2, 0) is 11.3 Å². The maximum atomic E-state index is 11.6. The zero-order valence-corrected chi connectivity index (χ0v) is 12.4. The van der Waals surface area contributed by atoms with Crippen LogP contribution in [0.4, 0.5) is 5.69 Å². The lowest BCUT2D eigenvalue weighted by Crippen LogP contribution is -2.06. The summed E-state index contributed by atoms with van der Waals surface area (Å²) >= 11 is 5.91. The molecule has 2 aromatic carbocycles. The summed E-state index contributed by atoms with van der Waals surface area (Å²) in [6.07, 6.45) is 0. The molecule has 2 rings (SSSR count). The molecule has 5 heteroatoms. The lowest BCUT2D eigenvalue weighted by molar-refractivity contribution is 0.0526. The Balaban J connectivity index is 2.06. The van der Waals surface area contributed by atoms with Gasteiger partial charge in [-0.1, -0.05) is 23.7 Å². The standard InChI is InChI=1S/C16H16ClNO3/c1-2-20-16(19)12-6-7-15(14(18)9-12)21-10-11-4-3-5-13(17)8-11/h3-9H,2,10,18H2,1H3. The smallest absolute Gasteiger partial charge is 0.338 e. The van der Waals surface area contributed by atoms with E-state index in [4.69, 9.17) is 26.8 Å². The Hall–Kier alpha value is -2.20. The lowest BCUT2D eigenvalue weighted by atomic mass is 10.2. The van der Waals surface area contributed by atoms with E-state index < -0.39 is 5.97 Å². The van der Waals surface area contributed by atoms with Crippen molar-refractivity contribution in [3.63, 3.8) is 0 Å². The van der Waals surface area contributed by atoms with Gasteiger partial charge in [0.1, 0.15) is 12.4 Å². The fraction of sp³-hybridized carbons (Fsp3) is 0.188. The predicted molar refractivity (Wildman–Crippen MR) is 82.6 cm³/mol. The summed E-state index contributed by atoms with van der Waals surface area (Å²) in [7, 11) is 0. The second-order valence-electron chi connectivity index (χ2n) is 4.39. The van der Waals surface area contributed by atoms with Gasteiger partial charge in [-0.05, 0) is 42.8 Å². The maximum Gasteiger partial charge on any atom is 0.338 e. The second-order valence-corrected chi connectivity index (χ2v) is 4.83. The highest BCUT2D eigenvalue weighted by Crippen LogP contribution is 2.24. The number of anilines is 1. The minimum atomic E-state index is -0.398. The number of ether oxygens (including phenoxy) is 2. The first-order valence-electron chi connectivity index (χ1n) is 6.54. The van der Waals surface area contributed by atoms with E-state index in [2.05, 4.69) is 0 Å². The summed E-state index contributed by atoms with van der Waals surface area (Å²) in [5, 5.41) is 0.654. The molecule has 110 valence electrons. The summed E-state index contributed by atoms with van der Waals surface area (Å²) < 4.78 is 10.6. The van der Waals surface area contributed by atoms with Crippen molar-refractivity contribution in [1.29, 1.82) is 0 Å². The largest absolute Gasteiger partial charge is 0.487 e. The number of rotatable bonds is 5. The fourth-order valence-corrected chi connectivity index (χ4v) is 2.02. The monoisotopic (exact) mass is 305 g/mol. The quantitative estimate of drug-likeness (QED) is 0.676. The first-order valence-corrected chi connectivity index (χ1v) is 6.92. The number of hydrogen-bond acceptors (Lipinski definition) is 4. The molecule has 21 heavy (non-hydrogen) atoms. The highest BCUT2D eigenvalue weighted by Gasteiger charge is 2.09. The average Bonchev–Trinajstić information content (AvgIpc) is 2.46. The van der Waals surface area contributed by atoms with Gasteiger partial charge in [0.2, 0.25) is 0 Å². The number of carbonyl (C=O) groups is 1. The Bertz CT molecular complexity index is 643. The molecule has 0 aliphatic rings. The van der Waals surface area contributed by atoms with Crippen molar-refractivity contribution in [2.75, 3.05) is 12.3 Å². The van der Waals surface area contributed by atoms with Gasteiger partial charge in [0, 0.05) is 5.02 Å². The van der Waals surface area contributed by atoms with Crippen molar-refractivity contribution >= 4 is 23.3 Å². The van der Waals surface area contributed by atoms with Gasteiger partial charge in [-0.2, -0.15) is 0 Å². The van der Waals surface area contributed by atoms with Gasteiger partial charge in [-0.15, -0.1) is 0 Å². The number of benzene rings is 2. The molecule has 0 atom stereocenters. The molecular formula is C16H16ClNO3. The number of nitrogen functional groups attached to an aromatic ring is 1. The molecule has 0 saturated carbocycles. The Morgan fingerprint density at radius 1 is 1.24 bits per heavy atom. The van der Waals surface area contributed by atoms with E-state index in [1.54, 1.807) is 31.2 Å². The van der Waals surface area contributed by atoms with Crippen LogP contribution in [0.25, 0.3) is 0 Å². The molecule has 0 radical (unpaired) electrons. The topological polar surface area (TPSA) is 61.5 Å². The van der Waals surface area contributed by atoms with Crippen molar-refractivity contribution in [1.82, 2.24) is 0 Å².